The van der Waals surface area contributed by atoms with Gasteiger partial charge in [-0.15, -0.1) is 11.3 Å². The molecule has 1 aliphatic heterocycles. The predicted molar refractivity (Wildman–Crippen MR) is 94.2 cm³/mol. The lowest BCUT2D eigenvalue weighted by Gasteiger charge is -2.31. The number of hydrogen-bond acceptors (Lipinski definition) is 4. The van der Waals surface area contributed by atoms with Crippen molar-refractivity contribution in [2.24, 2.45) is 5.92 Å². The Morgan fingerprint density at radius 3 is 2.87 bits per heavy atom. The van der Waals surface area contributed by atoms with Gasteiger partial charge in [0, 0.05) is 4.88 Å². The van der Waals surface area contributed by atoms with Gasteiger partial charge in [0.1, 0.15) is 12.4 Å². The summed E-state index contributed by atoms with van der Waals surface area (Å²) in [5, 5.41) is 5.24. The van der Waals surface area contributed by atoms with Gasteiger partial charge in [-0.05, 0) is 29.5 Å². The number of carbonyl (C=O) groups excluding carboxylic acids is 1. The van der Waals surface area contributed by atoms with Gasteiger partial charge in [-0.1, -0.05) is 32.0 Å². The van der Waals surface area contributed by atoms with Crippen LogP contribution in [0.15, 0.2) is 41.8 Å². The molecule has 1 aliphatic rings. The number of anilines is 1. The molecule has 0 saturated carbocycles. The van der Waals surface area contributed by atoms with Gasteiger partial charge in [0.2, 0.25) is 5.91 Å². The summed E-state index contributed by atoms with van der Waals surface area (Å²) in [4.78, 5) is 15.8. The van der Waals surface area contributed by atoms with E-state index in [4.69, 9.17) is 4.74 Å². The Kier molecular flexibility index (Phi) is 4.86. The van der Waals surface area contributed by atoms with E-state index >= 15 is 0 Å². The number of hydrogen-bond donors (Lipinski definition) is 1. The molecule has 23 heavy (non-hydrogen) atoms. The molecule has 0 bridgehead atoms. The van der Waals surface area contributed by atoms with Gasteiger partial charge in [-0.3, -0.25) is 4.79 Å². The minimum absolute atomic E-state index is 0.0498. The van der Waals surface area contributed by atoms with Crippen molar-refractivity contribution in [3.8, 4) is 5.75 Å². The normalized spacial score (nSPS) is 15.0. The zero-order chi connectivity index (χ0) is 16.2. The highest BCUT2D eigenvalue weighted by molar-refractivity contribution is 7.10. The van der Waals surface area contributed by atoms with Gasteiger partial charge in [-0.25, -0.2) is 0 Å². The van der Waals surface area contributed by atoms with Crippen LogP contribution in [0.1, 0.15) is 24.8 Å². The smallest absolute Gasteiger partial charge is 0.240 e. The highest BCUT2D eigenvalue weighted by Crippen LogP contribution is 2.31. The van der Waals surface area contributed by atoms with Crippen molar-refractivity contribution in [1.82, 2.24) is 5.32 Å². The molecule has 1 atom stereocenters. The van der Waals surface area contributed by atoms with Crippen LogP contribution in [-0.4, -0.2) is 25.6 Å². The number of ether oxygens (including phenoxy) is 1. The number of fused-ring (bicyclic) bond motifs is 1. The maximum atomic E-state index is 12.5. The van der Waals surface area contributed by atoms with Gasteiger partial charge >= 0.3 is 0 Å². The molecule has 0 spiro atoms. The Hall–Kier alpha value is -2.01. The molecule has 1 aromatic carbocycles. The fourth-order valence-corrected chi connectivity index (χ4v) is 3.77. The van der Waals surface area contributed by atoms with Crippen molar-refractivity contribution in [2.75, 3.05) is 24.6 Å². The highest BCUT2D eigenvalue weighted by atomic mass is 32.1. The SMILES string of the molecule is CC(C)[C@@H](NC(=O)CN1CCOc2ccccc21)c1cccs1. The number of nitrogens with one attached hydrogen (secondary N) is 1. The maximum Gasteiger partial charge on any atom is 0.240 e. The first-order valence-corrected chi connectivity index (χ1v) is 8.82. The molecule has 122 valence electrons. The standard InChI is InChI=1S/C18H22N2O2S/c1-13(2)18(16-8-5-11-23-16)19-17(21)12-20-9-10-22-15-7-4-3-6-14(15)20/h3-8,11,13,18H,9-10,12H2,1-2H3,(H,19,21)/t18-/m1/s1. The zero-order valence-electron chi connectivity index (χ0n) is 13.5. The van der Waals surface area contributed by atoms with E-state index in [1.807, 2.05) is 30.3 Å². The lowest BCUT2D eigenvalue weighted by molar-refractivity contribution is -0.120. The summed E-state index contributed by atoms with van der Waals surface area (Å²) in [6.07, 6.45) is 0. The molecule has 1 amide bonds. The Morgan fingerprint density at radius 1 is 1.30 bits per heavy atom. The fourth-order valence-electron chi connectivity index (χ4n) is 2.82. The second kappa shape index (κ2) is 7.04. The molecule has 5 heteroatoms. The molecule has 4 nitrogen and oxygen atoms in total. The van der Waals surface area contributed by atoms with E-state index in [9.17, 15) is 4.79 Å². The topological polar surface area (TPSA) is 41.6 Å². The molecule has 1 N–H and O–H groups in total. The maximum absolute atomic E-state index is 12.5. The van der Waals surface area contributed by atoms with E-state index < -0.39 is 0 Å². The molecule has 0 aliphatic carbocycles. The number of benzene rings is 1. The van der Waals surface area contributed by atoms with E-state index in [0.29, 0.717) is 19.1 Å². The quantitative estimate of drug-likeness (QED) is 0.913. The largest absolute Gasteiger partial charge is 0.490 e. The van der Waals surface area contributed by atoms with E-state index in [2.05, 4.69) is 35.5 Å². The summed E-state index contributed by atoms with van der Waals surface area (Å²) in [5.74, 6) is 1.26. The lowest BCUT2D eigenvalue weighted by atomic mass is 10.0. The molecular weight excluding hydrogens is 308 g/mol. The number of carbonyl (C=O) groups is 1. The van der Waals surface area contributed by atoms with Crippen LogP contribution in [0.3, 0.4) is 0 Å². The third-order valence-electron chi connectivity index (χ3n) is 3.99. The number of rotatable bonds is 5. The van der Waals surface area contributed by atoms with Crippen LogP contribution >= 0.6 is 11.3 Å². The first-order valence-electron chi connectivity index (χ1n) is 7.94. The minimum atomic E-state index is 0.0498. The first kappa shape index (κ1) is 15.9. The van der Waals surface area contributed by atoms with Crippen LogP contribution in [0.25, 0.3) is 0 Å². The summed E-state index contributed by atoms with van der Waals surface area (Å²) in [5.41, 5.74) is 0.992. The van der Waals surface area contributed by atoms with Crippen molar-refractivity contribution in [1.29, 1.82) is 0 Å². The van der Waals surface area contributed by atoms with Gasteiger partial charge < -0.3 is 15.0 Å². The Bertz CT molecular complexity index is 655. The van der Waals surface area contributed by atoms with Crippen LogP contribution in [0.2, 0.25) is 0 Å². The number of amides is 1. The summed E-state index contributed by atoms with van der Waals surface area (Å²) in [6.45, 7) is 5.97. The third kappa shape index (κ3) is 3.67. The summed E-state index contributed by atoms with van der Waals surface area (Å²) >= 11 is 1.69. The molecular formula is C18H22N2O2S. The van der Waals surface area contributed by atoms with Crippen molar-refractivity contribution in [3.05, 3.63) is 46.7 Å². The summed E-state index contributed by atoms with van der Waals surface area (Å²) < 4.78 is 5.64. The van der Waals surface area contributed by atoms with Gasteiger partial charge in [0.25, 0.3) is 0 Å². The van der Waals surface area contributed by atoms with Gasteiger partial charge in [-0.2, -0.15) is 0 Å². The fraction of sp³-hybridized carbons (Fsp3) is 0.389. The molecule has 2 aromatic rings. The average Bonchev–Trinajstić information content (AvgIpc) is 3.07. The Labute approximate surface area is 141 Å². The summed E-state index contributed by atoms with van der Waals surface area (Å²) in [7, 11) is 0. The molecule has 0 fully saturated rings. The second-order valence-electron chi connectivity index (χ2n) is 6.04. The van der Waals surface area contributed by atoms with Crippen molar-refractivity contribution >= 4 is 22.9 Å². The van der Waals surface area contributed by atoms with Crippen LogP contribution < -0.4 is 15.0 Å². The van der Waals surface area contributed by atoms with Crippen LogP contribution in [-0.2, 0) is 4.79 Å². The number of nitrogens with zero attached hydrogens (tertiary/aromatic N) is 1. The summed E-state index contributed by atoms with van der Waals surface area (Å²) in [6, 6.07) is 12.1. The Balaban J connectivity index is 1.68. The molecule has 0 radical (unpaired) electrons. The third-order valence-corrected chi connectivity index (χ3v) is 4.95. The highest BCUT2D eigenvalue weighted by Gasteiger charge is 2.23. The minimum Gasteiger partial charge on any atom is -0.490 e. The van der Waals surface area contributed by atoms with Crippen LogP contribution in [0.5, 0.6) is 5.75 Å². The van der Waals surface area contributed by atoms with E-state index in [1.54, 1.807) is 11.3 Å². The lowest BCUT2D eigenvalue weighted by Crippen LogP contribution is -2.43. The Morgan fingerprint density at radius 2 is 2.13 bits per heavy atom. The molecule has 1 aromatic heterocycles. The van der Waals surface area contributed by atoms with E-state index in [1.165, 1.54) is 4.88 Å². The van der Waals surface area contributed by atoms with Crippen molar-refractivity contribution in [2.45, 2.75) is 19.9 Å². The zero-order valence-corrected chi connectivity index (χ0v) is 14.3. The molecule has 0 unspecified atom stereocenters. The van der Waals surface area contributed by atoms with Gasteiger partial charge in [0.05, 0.1) is 24.8 Å². The van der Waals surface area contributed by atoms with Crippen LogP contribution in [0, 0.1) is 5.92 Å². The van der Waals surface area contributed by atoms with Crippen LogP contribution in [0.4, 0.5) is 5.69 Å². The predicted octanol–water partition coefficient (Wildman–Crippen LogP) is 3.46. The van der Waals surface area contributed by atoms with Crippen molar-refractivity contribution < 1.29 is 9.53 Å². The average molecular weight is 330 g/mol. The molecule has 3 rings (SSSR count). The number of thiophene rings is 1. The van der Waals surface area contributed by atoms with E-state index in [0.717, 1.165) is 18.0 Å². The van der Waals surface area contributed by atoms with Gasteiger partial charge in [0.15, 0.2) is 0 Å². The number of para-hydroxylation sites is 2. The first-order chi connectivity index (χ1) is 11.1. The molecule has 0 saturated heterocycles. The second-order valence-corrected chi connectivity index (χ2v) is 7.02. The van der Waals surface area contributed by atoms with E-state index in [-0.39, 0.29) is 11.9 Å². The van der Waals surface area contributed by atoms with Crippen molar-refractivity contribution in [3.63, 3.8) is 0 Å². The molecule has 2 heterocycles. The monoisotopic (exact) mass is 330 g/mol.